The summed E-state index contributed by atoms with van der Waals surface area (Å²) in [7, 11) is 0. The molecule has 0 bridgehead atoms. The van der Waals surface area contributed by atoms with Gasteiger partial charge in [0.25, 0.3) is 5.91 Å². The Hall–Kier alpha value is -3.67. The number of aromatic nitrogens is 3. The molecular weight excluding hydrogens is 386 g/mol. The van der Waals surface area contributed by atoms with Crippen LogP contribution in [0.2, 0.25) is 0 Å². The van der Waals surface area contributed by atoms with Gasteiger partial charge >= 0.3 is 0 Å². The predicted octanol–water partition coefficient (Wildman–Crippen LogP) is 4.52. The van der Waals surface area contributed by atoms with Gasteiger partial charge in [-0.3, -0.25) is 4.79 Å². The first-order chi connectivity index (χ1) is 15.1. The first-order valence-electron chi connectivity index (χ1n) is 10.7. The molecule has 0 atom stereocenters. The van der Waals surface area contributed by atoms with Gasteiger partial charge in [-0.15, -0.1) is 0 Å². The minimum atomic E-state index is -0.449. The molecule has 2 aromatic heterocycles. The van der Waals surface area contributed by atoms with Crippen molar-refractivity contribution >= 4 is 22.6 Å². The number of aromatic amines is 1. The quantitative estimate of drug-likeness (QED) is 0.450. The van der Waals surface area contributed by atoms with Crippen molar-refractivity contribution in [2.24, 2.45) is 5.73 Å². The number of amides is 1. The molecule has 6 nitrogen and oxygen atoms in total. The van der Waals surface area contributed by atoms with Gasteiger partial charge in [0.05, 0.1) is 11.1 Å². The normalized spacial score (nSPS) is 13.2. The molecule has 0 spiro atoms. The molecule has 1 amide bonds. The third-order valence-electron chi connectivity index (χ3n) is 6.00. The Bertz CT molecular complexity index is 1280. The second-order valence-electron chi connectivity index (χ2n) is 8.08. The maximum absolute atomic E-state index is 11.9. The van der Waals surface area contributed by atoms with E-state index in [4.69, 9.17) is 15.7 Å². The Kier molecular flexibility index (Phi) is 4.90. The van der Waals surface area contributed by atoms with Crippen molar-refractivity contribution in [2.75, 3.05) is 5.32 Å². The third-order valence-corrected chi connectivity index (χ3v) is 6.00. The molecule has 5 rings (SSSR count). The monoisotopic (exact) mass is 411 g/mol. The molecule has 0 unspecified atom stereocenters. The number of aryl methyl sites for hydroxylation is 2. The smallest absolute Gasteiger partial charge is 0.250 e. The summed E-state index contributed by atoms with van der Waals surface area (Å²) in [4.78, 5) is 25.2. The van der Waals surface area contributed by atoms with E-state index in [1.165, 1.54) is 11.1 Å². The largest absolute Gasteiger partial charge is 0.366 e. The van der Waals surface area contributed by atoms with E-state index >= 15 is 0 Å². The Labute approximate surface area is 180 Å². The fraction of sp³-hybridized carbons (Fsp3) is 0.240. The van der Waals surface area contributed by atoms with E-state index in [0.29, 0.717) is 17.9 Å². The van der Waals surface area contributed by atoms with E-state index in [2.05, 4.69) is 22.4 Å². The number of carbonyl (C=O) groups excluding carboxylic acids is 1. The van der Waals surface area contributed by atoms with Crippen LogP contribution in [0.25, 0.3) is 22.3 Å². The molecule has 0 saturated heterocycles. The number of nitrogens with two attached hydrogens (primary N) is 1. The Morgan fingerprint density at radius 2 is 1.87 bits per heavy atom. The number of benzene rings is 2. The van der Waals surface area contributed by atoms with E-state index in [0.717, 1.165) is 59.4 Å². The van der Waals surface area contributed by atoms with E-state index in [9.17, 15) is 4.79 Å². The van der Waals surface area contributed by atoms with Crippen molar-refractivity contribution in [3.8, 4) is 11.4 Å². The number of hydrogen-bond donors (Lipinski definition) is 3. The summed E-state index contributed by atoms with van der Waals surface area (Å²) in [6.07, 6.45) is 4.24. The lowest BCUT2D eigenvalue weighted by molar-refractivity contribution is 0.100. The Balaban J connectivity index is 1.62. The minimum absolute atomic E-state index is 0.449. The number of carbonyl (C=O) groups is 1. The maximum atomic E-state index is 11.9. The number of fused-ring (bicyclic) bond motifs is 2. The van der Waals surface area contributed by atoms with Crippen molar-refractivity contribution < 1.29 is 4.79 Å². The first-order valence-corrected chi connectivity index (χ1v) is 10.7. The average molecular weight is 412 g/mol. The zero-order chi connectivity index (χ0) is 21.4. The molecule has 0 saturated carbocycles. The van der Waals surface area contributed by atoms with Crippen molar-refractivity contribution in [1.82, 2.24) is 15.0 Å². The molecular formula is C25H25N5O. The number of primary amides is 1. The molecule has 1 aliphatic carbocycles. The van der Waals surface area contributed by atoms with Gasteiger partial charge in [-0.05, 0) is 44.2 Å². The van der Waals surface area contributed by atoms with Crippen molar-refractivity contribution in [3.05, 3.63) is 76.6 Å². The van der Waals surface area contributed by atoms with Crippen LogP contribution in [0, 0.1) is 6.92 Å². The van der Waals surface area contributed by atoms with Gasteiger partial charge in [-0.2, -0.15) is 0 Å². The Morgan fingerprint density at radius 3 is 2.68 bits per heavy atom. The summed E-state index contributed by atoms with van der Waals surface area (Å²) in [6.45, 7) is 2.70. The van der Waals surface area contributed by atoms with Crippen LogP contribution < -0.4 is 11.1 Å². The van der Waals surface area contributed by atoms with Crippen LogP contribution in [-0.2, 0) is 19.4 Å². The van der Waals surface area contributed by atoms with Gasteiger partial charge in [-0.1, -0.05) is 42.5 Å². The van der Waals surface area contributed by atoms with Gasteiger partial charge in [0.1, 0.15) is 5.82 Å². The highest BCUT2D eigenvalue weighted by Gasteiger charge is 2.22. The standard InChI is InChI=1S/C25H25N5O/c1-15-21(18-11-7-12-19(23(26)31)22(18)28-15)25-29-20-13-6-5-10-17(20)24(30-25)27-14-16-8-3-2-4-9-16/h2-4,7-9,11-12,28H,5-6,10,13-14H2,1H3,(H2,26,31)(H,27,29,30). The lowest BCUT2D eigenvalue weighted by atomic mass is 9.96. The van der Waals surface area contributed by atoms with Crippen LogP contribution in [0.1, 0.15) is 45.7 Å². The molecule has 6 heteroatoms. The molecule has 31 heavy (non-hydrogen) atoms. The zero-order valence-electron chi connectivity index (χ0n) is 17.5. The van der Waals surface area contributed by atoms with Crippen LogP contribution >= 0.6 is 0 Å². The molecule has 1 aliphatic rings. The number of hydrogen-bond acceptors (Lipinski definition) is 4. The number of anilines is 1. The lowest BCUT2D eigenvalue weighted by Gasteiger charge is -2.20. The zero-order valence-corrected chi connectivity index (χ0v) is 17.5. The molecule has 4 aromatic rings. The van der Waals surface area contributed by atoms with Gasteiger partial charge in [0, 0.05) is 34.4 Å². The number of H-pyrrole nitrogens is 1. The van der Waals surface area contributed by atoms with E-state index in [1.54, 1.807) is 6.07 Å². The van der Waals surface area contributed by atoms with Crippen LogP contribution in [0.3, 0.4) is 0 Å². The van der Waals surface area contributed by atoms with Gasteiger partial charge in [0.15, 0.2) is 5.82 Å². The molecule has 2 heterocycles. The first kappa shape index (κ1) is 19.3. The summed E-state index contributed by atoms with van der Waals surface area (Å²) in [6, 6.07) is 15.9. The predicted molar refractivity (Wildman–Crippen MR) is 123 cm³/mol. The topological polar surface area (TPSA) is 96.7 Å². The van der Waals surface area contributed by atoms with E-state index in [-0.39, 0.29) is 0 Å². The fourth-order valence-corrected chi connectivity index (χ4v) is 4.47. The number of rotatable bonds is 5. The van der Waals surface area contributed by atoms with Crippen LogP contribution in [-0.4, -0.2) is 20.9 Å². The number of para-hydroxylation sites is 1. The second kappa shape index (κ2) is 7.87. The summed E-state index contributed by atoms with van der Waals surface area (Å²) < 4.78 is 0. The number of nitrogens with one attached hydrogen (secondary N) is 2. The SMILES string of the molecule is Cc1[nH]c2c(C(N)=O)cccc2c1-c1nc2c(c(NCc3ccccc3)n1)CCCC2. The molecule has 0 aliphatic heterocycles. The highest BCUT2D eigenvalue weighted by molar-refractivity contribution is 6.09. The van der Waals surface area contributed by atoms with Crippen LogP contribution in [0.15, 0.2) is 48.5 Å². The lowest BCUT2D eigenvalue weighted by Crippen LogP contribution is -2.14. The average Bonchev–Trinajstić information content (AvgIpc) is 3.13. The fourth-order valence-electron chi connectivity index (χ4n) is 4.47. The molecule has 4 N–H and O–H groups in total. The summed E-state index contributed by atoms with van der Waals surface area (Å²) >= 11 is 0. The summed E-state index contributed by atoms with van der Waals surface area (Å²) in [5.41, 5.74) is 12.2. The molecule has 0 radical (unpaired) electrons. The highest BCUT2D eigenvalue weighted by atomic mass is 16.1. The van der Waals surface area contributed by atoms with Crippen LogP contribution in [0.5, 0.6) is 0 Å². The molecule has 0 fully saturated rings. The number of nitrogens with zero attached hydrogens (tertiary/aromatic N) is 2. The third kappa shape index (κ3) is 3.54. The van der Waals surface area contributed by atoms with E-state index in [1.807, 2.05) is 37.3 Å². The molecule has 2 aromatic carbocycles. The summed E-state index contributed by atoms with van der Waals surface area (Å²) in [5.74, 6) is 1.14. The minimum Gasteiger partial charge on any atom is -0.366 e. The van der Waals surface area contributed by atoms with Crippen molar-refractivity contribution in [1.29, 1.82) is 0 Å². The van der Waals surface area contributed by atoms with Crippen molar-refractivity contribution in [2.45, 2.75) is 39.2 Å². The molecule has 156 valence electrons. The Morgan fingerprint density at radius 1 is 1.06 bits per heavy atom. The van der Waals surface area contributed by atoms with Gasteiger partial charge in [0.2, 0.25) is 0 Å². The maximum Gasteiger partial charge on any atom is 0.250 e. The van der Waals surface area contributed by atoms with Crippen LogP contribution in [0.4, 0.5) is 5.82 Å². The van der Waals surface area contributed by atoms with Crippen molar-refractivity contribution in [3.63, 3.8) is 0 Å². The highest BCUT2D eigenvalue weighted by Crippen LogP contribution is 2.35. The second-order valence-corrected chi connectivity index (χ2v) is 8.08. The van der Waals surface area contributed by atoms with Gasteiger partial charge in [-0.25, -0.2) is 9.97 Å². The summed E-state index contributed by atoms with van der Waals surface area (Å²) in [5, 5.41) is 4.47. The van der Waals surface area contributed by atoms with Gasteiger partial charge < -0.3 is 16.0 Å². The van der Waals surface area contributed by atoms with E-state index < -0.39 is 5.91 Å².